The van der Waals surface area contributed by atoms with Crippen LogP contribution in [0.1, 0.15) is 25.2 Å². The molecule has 0 aliphatic carbocycles. The fraction of sp³-hybridized carbons (Fsp3) is 0.556. The summed E-state index contributed by atoms with van der Waals surface area (Å²) in [7, 11) is 0. The van der Waals surface area contributed by atoms with E-state index >= 15 is 0 Å². The number of hydrogen-bond donors (Lipinski definition) is 1. The van der Waals surface area contributed by atoms with Crippen molar-refractivity contribution in [2.75, 3.05) is 0 Å². The molecule has 0 radical (unpaired) electrons. The van der Waals surface area contributed by atoms with Crippen LogP contribution in [0, 0.1) is 5.92 Å². The van der Waals surface area contributed by atoms with Crippen molar-refractivity contribution in [1.82, 2.24) is 0 Å². The normalized spacial score (nSPS) is 10.9. The molecule has 1 aromatic heterocycles. The highest BCUT2D eigenvalue weighted by Gasteiger charge is 2.02. The molecule has 0 saturated carbocycles. The van der Waals surface area contributed by atoms with Crippen LogP contribution in [0.4, 0.5) is 0 Å². The smallest absolute Gasteiger partial charge is 0.104 e. The summed E-state index contributed by atoms with van der Waals surface area (Å²) in [5.74, 6) is 1.69. The van der Waals surface area contributed by atoms with Crippen molar-refractivity contribution in [2.45, 2.75) is 26.8 Å². The van der Waals surface area contributed by atoms with E-state index in [9.17, 15) is 0 Å². The number of nitrogens with two attached hydrogens (primary N) is 1. The predicted molar refractivity (Wildman–Crippen MR) is 45.1 cm³/mol. The van der Waals surface area contributed by atoms with Gasteiger partial charge in [0.25, 0.3) is 0 Å². The lowest BCUT2D eigenvalue weighted by Gasteiger charge is -1.98. The maximum Gasteiger partial charge on any atom is 0.104 e. The second kappa shape index (κ2) is 3.58. The van der Waals surface area contributed by atoms with Crippen LogP contribution >= 0.6 is 0 Å². The molecule has 0 amide bonds. The minimum atomic E-state index is 0.571. The van der Waals surface area contributed by atoms with E-state index in [2.05, 4.69) is 13.8 Å². The van der Waals surface area contributed by atoms with Gasteiger partial charge in [0.1, 0.15) is 5.76 Å². The molecule has 0 aliphatic heterocycles. The van der Waals surface area contributed by atoms with E-state index in [1.165, 1.54) is 0 Å². The van der Waals surface area contributed by atoms with Crippen molar-refractivity contribution in [3.05, 3.63) is 23.7 Å². The summed E-state index contributed by atoms with van der Waals surface area (Å²) in [6, 6.07) is 2.03. The lowest BCUT2D eigenvalue weighted by molar-refractivity contribution is 0.471. The van der Waals surface area contributed by atoms with Crippen LogP contribution in [0.3, 0.4) is 0 Å². The molecule has 2 N–H and O–H groups in total. The molecule has 0 atom stereocenters. The lowest BCUT2D eigenvalue weighted by Crippen LogP contribution is -1.94. The third kappa shape index (κ3) is 2.39. The largest absolute Gasteiger partial charge is 0.469 e. The van der Waals surface area contributed by atoms with Gasteiger partial charge in [-0.2, -0.15) is 0 Å². The fourth-order valence-corrected chi connectivity index (χ4v) is 1.04. The van der Waals surface area contributed by atoms with Gasteiger partial charge in [-0.25, -0.2) is 0 Å². The Morgan fingerprint density at radius 3 is 2.73 bits per heavy atom. The molecule has 0 spiro atoms. The molecule has 1 aromatic rings. The standard InChI is InChI=1S/C9H15NO/c1-7(2)3-9-4-8(5-10)6-11-9/h4,6-7H,3,5,10H2,1-2H3. The van der Waals surface area contributed by atoms with Gasteiger partial charge in [0.05, 0.1) is 6.26 Å². The maximum atomic E-state index is 5.43. The minimum Gasteiger partial charge on any atom is -0.469 e. The van der Waals surface area contributed by atoms with Crippen LogP contribution in [0.25, 0.3) is 0 Å². The molecule has 0 aromatic carbocycles. The van der Waals surface area contributed by atoms with Gasteiger partial charge < -0.3 is 10.2 Å². The highest BCUT2D eigenvalue weighted by atomic mass is 16.3. The Kier molecular flexibility index (Phi) is 2.71. The molecular weight excluding hydrogens is 138 g/mol. The summed E-state index contributed by atoms with van der Waals surface area (Å²) in [4.78, 5) is 0. The molecule has 62 valence electrons. The Morgan fingerprint density at radius 2 is 2.27 bits per heavy atom. The Hall–Kier alpha value is -0.760. The van der Waals surface area contributed by atoms with Crippen LogP contribution < -0.4 is 5.73 Å². The summed E-state index contributed by atoms with van der Waals surface area (Å²) in [5, 5.41) is 0. The monoisotopic (exact) mass is 153 g/mol. The van der Waals surface area contributed by atoms with E-state index in [0.717, 1.165) is 17.7 Å². The van der Waals surface area contributed by atoms with Crippen LogP contribution in [-0.4, -0.2) is 0 Å². The first-order valence-corrected chi connectivity index (χ1v) is 3.98. The molecule has 1 rings (SSSR count). The molecule has 2 heteroatoms. The van der Waals surface area contributed by atoms with E-state index in [4.69, 9.17) is 10.2 Å². The van der Waals surface area contributed by atoms with Crippen molar-refractivity contribution in [2.24, 2.45) is 11.7 Å². The van der Waals surface area contributed by atoms with E-state index in [-0.39, 0.29) is 0 Å². The van der Waals surface area contributed by atoms with E-state index in [1.807, 2.05) is 6.07 Å². The lowest BCUT2D eigenvalue weighted by atomic mass is 10.1. The quantitative estimate of drug-likeness (QED) is 0.720. The second-order valence-electron chi connectivity index (χ2n) is 3.22. The van der Waals surface area contributed by atoms with Gasteiger partial charge in [-0.05, 0) is 12.0 Å². The first-order valence-electron chi connectivity index (χ1n) is 3.98. The van der Waals surface area contributed by atoms with E-state index in [0.29, 0.717) is 12.5 Å². The Morgan fingerprint density at radius 1 is 1.55 bits per heavy atom. The molecule has 0 aliphatic rings. The number of furan rings is 1. The van der Waals surface area contributed by atoms with E-state index in [1.54, 1.807) is 6.26 Å². The van der Waals surface area contributed by atoms with Gasteiger partial charge in [0.15, 0.2) is 0 Å². The molecule has 0 bridgehead atoms. The molecule has 2 nitrogen and oxygen atoms in total. The van der Waals surface area contributed by atoms with Gasteiger partial charge in [-0.1, -0.05) is 13.8 Å². The number of rotatable bonds is 3. The van der Waals surface area contributed by atoms with Gasteiger partial charge in [0.2, 0.25) is 0 Å². The third-order valence-electron chi connectivity index (χ3n) is 1.55. The minimum absolute atomic E-state index is 0.571. The zero-order valence-corrected chi connectivity index (χ0v) is 7.13. The molecule has 0 saturated heterocycles. The molecule has 11 heavy (non-hydrogen) atoms. The Bertz CT molecular complexity index is 215. The molecule has 1 heterocycles. The number of hydrogen-bond acceptors (Lipinski definition) is 2. The second-order valence-corrected chi connectivity index (χ2v) is 3.22. The highest BCUT2D eigenvalue weighted by molar-refractivity contribution is 5.12. The third-order valence-corrected chi connectivity index (χ3v) is 1.55. The van der Waals surface area contributed by atoms with Crippen LogP contribution in [0.5, 0.6) is 0 Å². The van der Waals surface area contributed by atoms with Crippen molar-refractivity contribution >= 4 is 0 Å². The highest BCUT2D eigenvalue weighted by Crippen LogP contribution is 2.11. The summed E-state index contributed by atoms with van der Waals surface area (Å²) in [5.41, 5.74) is 6.52. The Labute approximate surface area is 67.4 Å². The SMILES string of the molecule is CC(C)Cc1cc(CN)co1. The van der Waals surface area contributed by atoms with E-state index < -0.39 is 0 Å². The Balaban J connectivity index is 2.58. The first-order chi connectivity index (χ1) is 5.22. The topological polar surface area (TPSA) is 39.2 Å². The van der Waals surface area contributed by atoms with Crippen molar-refractivity contribution < 1.29 is 4.42 Å². The molecular formula is C9H15NO. The maximum absolute atomic E-state index is 5.43. The van der Waals surface area contributed by atoms with Crippen molar-refractivity contribution in [3.8, 4) is 0 Å². The average molecular weight is 153 g/mol. The van der Waals surface area contributed by atoms with Crippen molar-refractivity contribution in [1.29, 1.82) is 0 Å². The first kappa shape index (κ1) is 8.34. The zero-order valence-electron chi connectivity index (χ0n) is 7.13. The van der Waals surface area contributed by atoms with Gasteiger partial charge in [-0.15, -0.1) is 0 Å². The summed E-state index contributed by atoms with van der Waals surface area (Å²) >= 11 is 0. The van der Waals surface area contributed by atoms with Crippen LogP contribution in [0.15, 0.2) is 16.7 Å². The zero-order chi connectivity index (χ0) is 8.27. The van der Waals surface area contributed by atoms with Gasteiger partial charge in [0, 0.05) is 18.5 Å². The fourth-order valence-electron chi connectivity index (χ4n) is 1.04. The van der Waals surface area contributed by atoms with Gasteiger partial charge >= 0.3 is 0 Å². The predicted octanol–water partition coefficient (Wildman–Crippen LogP) is 1.94. The molecule has 0 fully saturated rings. The summed E-state index contributed by atoms with van der Waals surface area (Å²) < 4.78 is 5.29. The average Bonchev–Trinajstić information content (AvgIpc) is 2.34. The summed E-state index contributed by atoms with van der Waals surface area (Å²) in [6.07, 6.45) is 2.73. The van der Waals surface area contributed by atoms with Crippen LogP contribution in [-0.2, 0) is 13.0 Å². The van der Waals surface area contributed by atoms with Gasteiger partial charge in [-0.3, -0.25) is 0 Å². The molecule has 0 unspecified atom stereocenters. The van der Waals surface area contributed by atoms with Crippen molar-refractivity contribution in [3.63, 3.8) is 0 Å². The summed E-state index contributed by atoms with van der Waals surface area (Å²) in [6.45, 7) is 4.91. The van der Waals surface area contributed by atoms with Crippen LogP contribution in [0.2, 0.25) is 0 Å².